The molecule has 0 bridgehead atoms. The predicted octanol–water partition coefficient (Wildman–Crippen LogP) is 3.34. The number of anilines is 1. The minimum Gasteiger partial charge on any atom is -0.454 e. The average molecular weight is 332 g/mol. The molecule has 0 aliphatic heterocycles. The van der Waals surface area contributed by atoms with Crippen LogP contribution in [0.1, 0.15) is 27.6 Å². The van der Waals surface area contributed by atoms with Gasteiger partial charge in [0.25, 0.3) is 0 Å². The van der Waals surface area contributed by atoms with Crippen molar-refractivity contribution in [3.63, 3.8) is 0 Å². The van der Waals surface area contributed by atoms with Gasteiger partial charge >= 0.3 is 5.97 Å². The van der Waals surface area contributed by atoms with E-state index in [0.717, 1.165) is 0 Å². The fourth-order valence-electron chi connectivity index (χ4n) is 1.86. The molecule has 1 amide bonds. The van der Waals surface area contributed by atoms with Gasteiger partial charge in [0.05, 0.1) is 10.6 Å². The van der Waals surface area contributed by atoms with Gasteiger partial charge in [-0.3, -0.25) is 9.59 Å². The van der Waals surface area contributed by atoms with Gasteiger partial charge in [0.15, 0.2) is 12.4 Å². The summed E-state index contributed by atoms with van der Waals surface area (Å²) in [6, 6.07) is 12.8. The van der Waals surface area contributed by atoms with Gasteiger partial charge in [0.2, 0.25) is 5.91 Å². The fraction of sp³-hybridized carbons (Fsp3) is 0.118. The second-order valence-electron chi connectivity index (χ2n) is 4.74. The smallest absolute Gasteiger partial charge is 0.340 e. The molecule has 0 fully saturated rings. The van der Waals surface area contributed by atoms with Crippen LogP contribution in [-0.4, -0.2) is 24.3 Å². The summed E-state index contributed by atoms with van der Waals surface area (Å²) in [7, 11) is 0. The zero-order chi connectivity index (χ0) is 16.8. The molecule has 0 atom stereocenters. The second-order valence-corrected chi connectivity index (χ2v) is 5.14. The number of ketones is 1. The number of nitrogens with one attached hydrogen (secondary N) is 1. The fourth-order valence-corrected chi connectivity index (χ4v) is 2.07. The molecule has 118 valence electrons. The number of Topliss-reactive ketones (excluding diaryl/α,β-unsaturated/α-hetero) is 1. The summed E-state index contributed by atoms with van der Waals surface area (Å²) >= 11 is 5.89. The summed E-state index contributed by atoms with van der Waals surface area (Å²) in [5.41, 5.74) is 1.18. The molecule has 5 nitrogen and oxygen atoms in total. The molecule has 6 heteroatoms. The van der Waals surface area contributed by atoms with Gasteiger partial charge in [0, 0.05) is 18.2 Å². The van der Waals surface area contributed by atoms with Crippen LogP contribution >= 0.6 is 11.6 Å². The van der Waals surface area contributed by atoms with Crippen molar-refractivity contribution < 1.29 is 19.1 Å². The highest BCUT2D eigenvalue weighted by molar-refractivity contribution is 6.33. The van der Waals surface area contributed by atoms with Crippen molar-refractivity contribution >= 4 is 34.9 Å². The van der Waals surface area contributed by atoms with E-state index in [4.69, 9.17) is 16.3 Å². The number of ether oxygens (including phenoxy) is 1. The summed E-state index contributed by atoms with van der Waals surface area (Å²) in [5.74, 6) is -1.20. The molecule has 2 aromatic carbocycles. The van der Waals surface area contributed by atoms with Crippen LogP contribution < -0.4 is 5.32 Å². The Bertz CT molecular complexity index is 741. The lowest BCUT2D eigenvalue weighted by Gasteiger charge is -2.06. The molecular weight excluding hydrogens is 318 g/mol. The number of halogens is 1. The van der Waals surface area contributed by atoms with Crippen LogP contribution in [0.5, 0.6) is 0 Å². The van der Waals surface area contributed by atoms with Gasteiger partial charge in [-0.25, -0.2) is 4.79 Å². The van der Waals surface area contributed by atoms with Crippen LogP contribution in [0.4, 0.5) is 5.69 Å². The van der Waals surface area contributed by atoms with E-state index in [2.05, 4.69) is 5.32 Å². The van der Waals surface area contributed by atoms with Gasteiger partial charge in [-0.2, -0.15) is 0 Å². The molecule has 0 radical (unpaired) electrons. The number of benzene rings is 2. The Morgan fingerprint density at radius 2 is 1.70 bits per heavy atom. The van der Waals surface area contributed by atoms with Crippen molar-refractivity contribution in [2.75, 3.05) is 11.9 Å². The third-order valence-corrected chi connectivity index (χ3v) is 3.28. The molecule has 0 aliphatic carbocycles. The minimum atomic E-state index is -0.654. The first-order valence-electron chi connectivity index (χ1n) is 6.80. The lowest BCUT2D eigenvalue weighted by atomic mass is 10.1. The van der Waals surface area contributed by atoms with E-state index in [1.54, 1.807) is 42.5 Å². The molecule has 0 aliphatic rings. The third kappa shape index (κ3) is 4.66. The SMILES string of the molecule is CC(=O)Nc1ccc(C(=O)COC(=O)c2ccccc2Cl)cc1. The van der Waals surface area contributed by atoms with Gasteiger partial charge in [-0.15, -0.1) is 0 Å². The molecule has 23 heavy (non-hydrogen) atoms. The van der Waals surface area contributed by atoms with Crippen molar-refractivity contribution in [3.05, 3.63) is 64.7 Å². The number of rotatable bonds is 5. The molecular formula is C17H14ClNO4. The maximum Gasteiger partial charge on any atom is 0.340 e. The lowest BCUT2D eigenvalue weighted by molar-refractivity contribution is -0.114. The number of esters is 1. The molecule has 0 heterocycles. The average Bonchev–Trinajstić information content (AvgIpc) is 2.53. The Labute approximate surface area is 138 Å². The first-order chi connectivity index (χ1) is 11.0. The Hall–Kier alpha value is -2.66. The first kappa shape index (κ1) is 16.7. The summed E-state index contributed by atoms with van der Waals surface area (Å²) in [4.78, 5) is 34.8. The van der Waals surface area contributed by atoms with Gasteiger partial charge in [-0.05, 0) is 36.4 Å². The van der Waals surface area contributed by atoms with Crippen molar-refractivity contribution in [1.29, 1.82) is 0 Å². The van der Waals surface area contributed by atoms with Crippen LogP contribution in [0.15, 0.2) is 48.5 Å². The van der Waals surface area contributed by atoms with E-state index in [0.29, 0.717) is 11.3 Å². The highest BCUT2D eigenvalue weighted by Gasteiger charge is 2.14. The Morgan fingerprint density at radius 1 is 1.04 bits per heavy atom. The van der Waals surface area contributed by atoms with E-state index in [1.165, 1.54) is 13.0 Å². The van der Waals surface area contributed by atoms with E-state index < -0.39 is 5.97 Å². The van der Waals surface area contributed by atoms with E-state index in [1.807, 2.05) is 0 Å². The molecule has 2 aromatic rings. The van der Waals surface area contributed by atoms with Crippen molar-refractivity contribution in [2.24, 2.45) is 0 Å². The molecule has 0 saturated heterocycles. The number of hydrogen-bond donors (Lipinski definition) is 1. The molecule has 0 aromatic heterocycles. The lowest BCUT2D eigenvalue weighted by Crippen LogP contribution is -2.14. The van der Waals surface area contributed by atoms with E-state index >= 15 is 0 Å². The largest absolute Gasteiger partial charge is 0.454 e. The molecule has 2 rings (SSSR count). The van der Waals surface area contributed by atoms with E-state index in [9.17, 15) is 14.4 Å². The Balaban J connectivity index is 1.95. The van der Waals surface area contributed by atoms with Crippen LogP contribution in [0.2, 0.25) is 5.02 Å². The third-order valence-electron chi connectivity index (χ3n) is 2.96. The monoisotopic (exact) mass is 331 g/mol. The second kappa shape index (κ2) is 7.56. The maximum atomic E-state index is 12.0. The van der Waals surface area contributed by atoms with Crippen molar-refractivity contribution in [2.45, 2.75) is 6.92 Å². The summed E-state index contributed by atoms with van der Waals surface area (Å²) in [6.07, 6.45) is 0. The Morgan fingerprint density at radius 3 is 2.30 bits per heavy atom. The molecule has 0 saturated carbocycles. The van der Waals surface area contributed by atoms with Gasteiger partial charge < -0.3 is 10.1 Å². The van der Waals surface area contributed by atoms with Gasteiger partial charge in [-0.1, -0.05) is 23.7 Å². The topological polar surface area (TPSA) is 72.5 Å². The summed E-state index contributed by atoms with van der Waals surface area (Å²) < 4.78 is 4.98. The highest BCUT2D eigenvalue weighted by Crippen LogP contribution is 2.16. The van der Waals surface area contributed by atoms with Crippen LogP contribution in [0.3, 0.4) is 0 Å². The zero-order valence-corrected chi connectivity index (χ0v) is 13.1. The number of carbonyl (C=O) groups excluding carboxylic acids is 3. The molecule has 0 spiro atoms. The predicted molar refractivity (Wildman–Crippen MR) is 86.8 cm³/mol. The van der Waals surface area contributed by atoms with Crippen LogP contribution in [0.25, 0.3) is 0 Å². The first-order valence-corrected chi connectivity index (χ1v) is 7.17. The van der Waals surface area contributed by atoms with Crippen molar-refractivity contribution in [3.8, 4) is 0 Å². The summed E-state index contributed by atoms with van der Waals surface area (Å²) in [6.45, 7) is 1.01. The van der Waals surface area contributed by atoms with Gasteiger partial charge in [0.1, 0.15) is 0 Å². The van der Waals surface area contributed by atoms with E-state index in [-0.39, 0.29) is 28.9 Å². The zero-order valence-electron chi connectivity index (χ0n) is 12.3. The maximum absolute atomic E-state index is 12.0. The highest BCUT2D eigenvalue weighted by atomic mass is 35.5. The quantitative estimate of drug-likeness (QED) is 0.673. The standard InChI is InChI=1S/C17H14ClNO4/c1-11(20)19-13-8-6-12(7-9-13)16(21)10-23-17(22)14-4-2-3-5-15(14)18/h2-9H,10H2,1H3,(H,19,20). The number of amides is 1. The molecule has 1 N–H and O–H groups in total. The van der Waals surface area contributed by atoms with Crippen LogP contribution in [0, 0.1) is 0 Å². The van der Waals surface area contributed by atoms with Crippen molar-refractivity contribution in [1.82, 2.24) is 0 Å². The number of hydrogen-bond acceptors (Lipinski definition) is 4. The number of carbonyl (C=O) groups is 3. The Kier molecular flexibility index (Phi) is 5.49. The summed E-state index contributed by atoms with van der Waals surface area (Å²) in [5, 5.41) is 2.87. The van der Waals surface area contributed by atoms with Crippen LogP contribution in [-0.2, 0) is 9.53 Å². The minimum absolute atomic E-state index is 0.197. The normalized spacial score (nSPS) is 10.0. The molecule has 0 unspecified atom stereocenters.